The van der Waals surface area contributed by atoms with Crippen LogP contribution in [0.4, 0.5) is 11.4 Å². The molecule has 0 atom stereocenters. The van der Waals surface area contributed by atoms with Crippen LogP contribution in [0.5, 0.6) is 0 Å². The van der Waals surface area contributed by atoms with Crippen molar-refractivity contribution < 1.29 is 22.6 Å². The number of nitro benzene ring substituents is 1. The number of sulfonamides is 1. The van der Waals surface area contributed by atoms with Crippen LogP contribution in [-0.4, -0.2) is 38.3 Å². The molecule has 0 aliphatic carbocycles. The van der Waals surface area contributed by atoms with Crippen LogP contribution in [0.2, 0.25) is 5.02 Å². The highest BCUT2D eigenvalue weighted by Gasteiger charge is 2.22. The third-order valence-corrected chi connectivity index (χ3v) is 5.63. The van der Waals surface area contributed by atoms with Gasteiger partial charge in [-0.2, -0.15) is 5.10 Å². The van der Waals surface area contributed by atoms with Crippen LogP contribution >= 0.6 is 11.6 Å². The third-order valence-electron chi connectivity index (χ3n) is 4.18. The summed E-state index contributed by atoms with van der Waals surface area (Å²) >= 11 is 6.06. The molecule has 1 aromatic heterocycles. The van der Waals surface area contributed by atoms with E-state index in [1.807, 2.05) is 0 Å². The Kier molecular flexibility index (Phi) is 6.91. The molecule has 1 N–H and O–H groups in total. The number of benzene rings is 2. The van der Waals surface area contributed by atoms with Crippen molar-refractivity contribution in [2.24, 2.45) is 5.10 Å². The summed E-state index contributed by atoms with van der Waals surface area (Å²) in [7, 11) is -3.77. The first-order valence-corrected chi connectivity index (χ1v) is 11.3. The molecule has 0 bridgehead atoms. The Morgan fingerprint density at radius 2 is 1.88 bits per heavy atom. The maximum atomic E-state index is 12.2. The normalized spacial score (nSPS) is 11.4. The minimum atomic E-state index is -3.77. The number of halogens is 1. The smallest absolute Gasteiger partial charge is 0.269 e. The zero-order valence-electron chi connectivity index (χ0n) is 16.6. The molecule has 0 aliphatic rings. The molecule has 1 amide bonds. The van der Waals surface area contributed by atoms with E-state index in [1.54, 1.807) is 36.4 Å². The Labute approximate surface area is 188 Å². The van der Waals surface area contributed by atoms with E-state index in [4.69, 9.17) is 16.0 Å². The van der Waals surface area contributed by atoms with Gasteiger partial charge in [0.05, 0.1) is 28.1 Å². The summed E-state index contributed by atoms with van der Waals surface area (Å²) in [6.45, 7) is -0.522. The lowest BCUT2D eigenvalue weighted by Crippen LogP contribution is -2.39. The molecule has 32 heavy (non-hydrogen) atoms. The predicted molar refractivity (Wildman–Crippen MR) is 120 cm³/mol. The molecule has 0 saturated heterocycles. The molecule has 0 spiro atoms. The zero-order chi connectivity index (χ0) is 23.3. The second-order valence-corrected chi connectivity index (χ2v) is 8.83. The van der Waals surface area contributed by atoms with Gasteiger partial charge in [0.1, 0.15) is 18.1 Å². The minimum Gasteiger partial charge on any atom is -0.455 e. The van der Waals surface area contributed by atoms with Crippen LogP contribution in [0, 0.1) is 10.1 Å². The van der Waals surface area contributed by atoms with Gasteiger partial charge >= 0.3 is 0 Å². The topological polar surface area (TPSA) is 135 Å². The highest BCUT2D eigenvalue weighted by molar-refractivity contribution is 7.92. The standard InChI is InChI=1S/C20H17ClN4O6S/c1-32(29,30)24(18-5-3-2-4-17(18)21)13-20(26)23-22-12-16-10-11-19(31-16)14-6-8-15(9-7-14)25(27)28/h2-12H,13H2,1H3,(H,23,26)/b22-12-. The van der Waals surface area contributed by atoms with E-state index in [0.29, 0.717) is 17.1 Å². The van der Waals surface area contributed by atoms with E-state index in [0.717, 1.165) is 10.6 Å². The van der Waals surface area contributed by atoms with Gasteiger partial charge in [-0.3, -0.25) is 19.2 Å². The van der Waals surface area contributed by atoms with Crippen molar-refractivity contribution in [2.75, 3.05) is 17.1 Å². The van der Waals surface area contributed by atoms with E-state index in [2.05, 4.69) is 10.5 Å². The molecule has 0 aliphatic heterocycles. The van der Waals surface area contributed by atoms with Crippen molar-refractivity contribution in [3.63, 3.8) is 0 Å². The Bertz CT molecular complexity index is 1270. The lowest BCUT2D eigenvalue weighted by Gasteiger charge is -2.22. The average Bonchev–Trinajstić information content (AvgIpc) is 3.21. The van der Waals surface area contributed by atoms with E-state index < -0.39 is 27.4 Å². The first kappa shape index (κ1) is 23.0. The SMILES string of the molecule is CS(=O)(=O)N(CC(=O)N/N=C\c1ccc(-c2ccc([N+](=O)[O-])cc2)o1)c1ccccc1Cl. The van der Waals surface area contributed by atoms with E-state index in [9.17, 15) is 23.3 Å². The molecular formula is C20H17ClN4O6S. The number of hydrogen-bond acceptors (Lipinski definition) is 7. The number of rotatable bonds is 8. The summed E-state index contributed by atoms with van der Waals surface area (Å²) in [5.41, 5.74) is 3.00. The fourth-order valence-corrected chi connectivity index (χ4v) is 3.85. The van der Waals surface area contributed by atoms with Gasteiger partial charge in [-0.15, -0.1) is 0 Å². The quantitative estimate of drug-likeness (QED) is 0.300. The number of nitro groups is 1. The number of carbonyl (C=O) groups is 1. The van der Waals surface area contributed by atoms with Crippen LogP contribution in [-0.2, 0) is 14.8 Å². The van der Waals surface area contributed by atoms with Gasteiger partial charge in [0.15, 0.2) is 0 Å². The monoisotopic (exact) mass is 476 g/mol. The Morgan fingerprint density at radius 1 is 1.19 bits per heavy atom. The number of amides is 1. The Morgan fingerprint density at radius 3 is 2.50 bits per heavy atom. The zero-order valence-corrected chi connectivity index (χ0v) is 18.2. The molecule has 12 heteroatoms. The van der Waals surface area contributed by atoms with Crippen LogP contribution in [0.15, 0.2) is 70.2 Å². The lowest BCUT2D eigenvalue weighted by atomic mass is 10.1. The molecule has 10 nitrogen and oxygen atoms in total. The van der Waals surface area contributed by atoms with E-state index >= 15 is 0 Å². The van der Waals surface area contributed by atoms with Crippen molar-refractivity contribution in [3.05, 3.63) is 81.6 Å². The molecule has 0 saturated carbocycles. The molecular weight excluding hydrogens is 460 g/mol. The van der Waals surface area contributed by atoms with Gasteiger partial charge in [0.25, 0.3) is 11.6 Å². The second kappa shape index (κ2) is 9.62. The fourth-order valence-electron chi connectivity index (χ4n) is 2.69. The number of nitrogens with one attached hydrogen (secondary N) is 1. The van der Waals surface area contributed by atoms with E-state index in [-0.39, 0.29) is 16.4 Å². The summed E-state index contributed by atoms with van der Waals surface area (Å²) in [6, 6.07) is 15.3. The van der Waals surface area contributed by atoms with Gasteiger partial charge in [0, 0.05) is 17.7 Å². The molecule has 3 aromatic rings. The Hall–Kier alpha value is -3.70. The number of anilines is 1. The van der Waals surface area contributed by atoms with Crippen molar-refractivity contribution in [1.29, 1.82) is 0 Å². The maximum absolute atomic E-state index is 12.2. The largest absolute Gasteiger partial charge is 0.455 e. The summed E-state index contributed by atoms with van der Waals surface area (Å²) in [4.78, 5) is 22.5. The number of hydrazone groups is 1. The molecule has 1 heterocycles. The summed E-state index contributed by atoms with van der Waals surface area (Å²) in [5.74, 6) is 0.0770. The van der Waals surface area contributed by atoms with Gasteiger partial charge in [-0.05, 0) is 36.4 Å². The number of hydrogen-bond donors (Lipinski definition) is 1. The number of furan rings is 1. The van der Waals surface area contributed by atoms with Crippen molar-refractivity contribution in [2.45, 2.75) is 0 Å². The molecule has 0 fully saturated rings. The molecule has 166 valence electrons. The number of carbonyl (C=O) groups excluding carboxylic acids is 1. The molecule has 0 unspecified atom stereocenters. The summed E-state index contributed by atoms with van der Waals surface area (Å²) in [5, 5.41) is 14.7. The average molecular weight is 477 g/mol. The maximum Gasteiger partial charge on any atom is 0.269 e. The first-order valence-electron chi connectivity index (χ1n) is 9.04. The minimum absolute atomic E-state index is 0.0373. The fraction of sp³-hybridized carbons (Fsp3) is 0.100. The number of nitrogens with zero attached hydrogens (tertiary/aromatic N) is 3. The van der Waals surface area contributed by atoms with E-state index in [1.165, 1.54) is 30.5 Å². The van der Waals surface area contributed by atoms with Crippen LogP contribution in [0.25, 0.3) is 11.3 Å². The second-order valence-electron chi connectivity index (χ2n) is 6.52. The lowest BCUT2D eigenvalue weighted by molar-refractivity contribution is -0.384. The van der Waals surface area contributed by atoms with Crippen LogP contribution in [0.3, 0.4) is 0 Å². The van der Waals surface area contributed by atoms with Gasteiger partial charge < -0.3 is 4.42 Å². The summed E-state index contributed by atoms with van der Waals surface area (Å²) < 4.78 is 30.7. The van der Waals surface area contributed by atoms with Crippen molar-refractivity contribution >= 4 is 45.1 Å². The van der Waals surface area contributed by atoms with Gasteiger partial charge in [-0.1, -0.05) is 23.7 Å². The Balaban J connectivity index is 1.65. The third kappa shape index (κ3) is 5.71. The number of para-hydroxylation sites is 1. The highest BCUT2D eigenvalue weighted by Crippen LogP contribution is 2.27. The first-order chi connectivity index (χ1) is 15.1. The van der Waals surface area contributed by atoms with Crippen molar-refractivity contribution in [3.8, 4) is 11.3 Å². The van der Waals surface area contributed by atoms with Crippen molar-refractivity contribution in [1.82, 2.24) is 5.43 Å². The van der Waals surface area contributed by atoms with Crippen LogP contribution in [0.1, 0.15) is 5.76 Å². The van der Waals surface area contributed by atoms with Gasteiger partial charge in [0.2, 0.25) is 10.0 Å². The summed E-state index contributed by atoms with van der Waals surface area (Å²) in [6.07, 6.45) is 2.21. The molecule has 3 rings (SSSR count). The highest BCUT2D eigenvalue weighted by atomic mass is 35.5. The van der Waals surface area contributed by atoms with Gasteiger partial charge in [-0.25, -0.2) is 13.8 Å². The predicted octanol–water partition coefficient (Wildman–Crippen LogP) is 3.42. The number of non-ortho nitro benzene ring substituents is 1. The molecule has 0 radical (unpaired) electrons. The molecule has 2 aromatic carbocycles. The van der Waals surface area contributed by atoms with Crippen LogP contribution < -0.4 is 9.73 Å².